The number of para-hydroxylation sites is 2. The van der Waals surface area contributed by atoms with E-state index in [-0.39, 0.29) is 16.5 Å². The van der Waals surface area contributed by atoms with Crippen molar-refractivity contribution in [3.63, 3.8) is 0 Å². The summed E-state index contributed by atoms with van der Waals surface area (Å²) in [6.07, 6.45) is -1.20. The van der Waals surface area contributed by atoms with Crippen molar-refractivity contribution in [1.82, 2.24) is 9.78 Å². The molecule has 0 radical (unpaired) electrons. The van der Waals surface area contributed by atoms with Gasteiger partial charge in [0.1, 0.15) is 10.7 Å². The number of hydrogen-bond donors (Lipinski definition) is 2. The van der Waals surface area contributed by atoms with Gasteiger partial charge in [0.2, 0.25) is 0 Å². The minimum atomic E-state index is -1.20. The summed E-state index contributed by atoms with van der Waals surface area (Å²) in [5.74, 6) is 0.158. The zero-order chi connectivity index (χ0) is 17.1. The van der Waals surface area contributed by atoms with Crippen LogP contribution in [0.5, 0.6) is 0 Å². The fourth-order valence-electron chi connectivity index (χ4n) is 2.38. The van der Waals surface area contributed by atoms with E-state index in [1.54, 1.807) is 54.6 Å². The van der Waals surface area contributed by atoms with E-state index < -0.39 is 12.7 Å². The highest BCUT2D eigenvalue weighted by molar-refractivity contribution is 6.34. The van der Waals surface area contributed by atoms with Crippen molar-refractivity contribution in [3.8, 4) is 5.69 Å². The topological polar surface area (TPSA) is 78.6 Å². The van der Waals surface area contributed by atoms with Crippen molar-refractivity contribution in [1.29, 1.82) is 0 Å². The van der Waals surface area contributed by atoms with E-state index in [2.05, 4.69) is 5.10 Å². The molecule has 6 nitrogen and oxygen atoms in total. The molecule has 0 fully saturated rings. The number of nitrogens with zero attached hydrogens (tertiary/aromatic N) is 3. The lowest BCUT2D eigenvalue weighted by Crippen LogP contribution is -2.26. The van der Waals surface area contributed by atoms with Crippen LogP contribution in [0.25, 0.3) is 5.69 Å². The van der Waals surface area contributed by atoms with Gasteiger partial charge in [0.05, 0.1) is 18.0 Å². The number of hydrogen-bond acceptors (Lipinski definition) is 3. The standard InChI is InChI=1S/C17H14ClN3O3/c18-15-14(11-22)19-21(13-9-5-2-6-10-13)16(15)20(17(23)24)12-7-3-1-4-8-12/h1-10,22H,11H2,(H,23,24). The fraction of sp³-hybridized carbons (Fsp3) is 0.0588. The number of carboxylic acid groups (broad SMARTS) is 1. The van der Waals surface area contributed by atoms with E-state index in [9.17, 15) is 15.0 Å². The molecular formula is C17H14ClN3O3. The molecule has 1 amide bonds. The largest absolute Gasteiger partial charge is 0.464 e. The second kappa shape index (κ2) is 6.74. The minimum absolute atomic E-state index is 0.0904. The van der Waals surface area contributed by atoms with Crippen LogP contribution < -0.4 is 4.90 Å². The van der Waals surface area contributed by atoms with E-state index in [0.717, 1.165) is 4.90 Å². The van der Waals surface area contributed by atoms with Gasteiger partial charge in [0, 0.05) is 0 Å². The number of anilines is 2. The van der Waals surface area contributed by atoms with Gasteiger partial charge in [-0.2, -0.15) is 5.10 Å². The predicted molar refractivity (Wildman–Crippen MR) is 91.1 cm³/mol. The summed E-state index contributed by atoms with van der Waals surface area (Å²) in [4.78, 5) is 12.9. The molecule has 0 aliphatic heterocycles. The van der Waals surface area contributed by atoms with Gasteiger partial charge in [-0.3, -0.25) is 0 Å². The van der Waals surface area contributed by atoms with E-state index in [1.165, 1.54) is 4.68 Å². The van der Waals surface area contributed by atoms with Crippen LogP contribution in [0.15, 0.2) is 60.7 Å². The summed E-state index contributed by atoms with van der Waals surface area (Å²) in [5.41, 5.74) is 1.27. The fourth-order valence-corrected chi connectivity index (χ4v) is 2.64. The van der Waals surface area contributed by atoms with E-state index >= 15 is 0 Å². The second-order valence-electron chi connectivity index (χ2n) is 4.94. The number of rotatable bonds is 4. The van der Waals surface area contributed by atoms with E-state index in [4.69, 9.17) is 11.6 Å². The van der Waals surface area contributed by atoms with Gasteiger partial charge in [0.25, 0.3) is 0 Å². The van der Waals surface area contributed by atoms with Crippen LogP contribution in [-0.4, -0.2) is 26.1 Å². The maximum atomic E-state index is 11.9. The number of halogens is 1. The Morgan fingerprint density at radius 1 is 1.08 bits per heavy atom. The summed E-state index contributed by atoms with van der Waals surface area (Å²) in [7, 11) is 0. The van der Waals surface area contributed by atoms with Crippen molar-refractivity contribution in [2.24, 2.45) is 0 Å². The molecule has 1 aromatic heterocycles. The third-order valence-corrected chi connectivity index (χ3v) is 3.83. The highest BCUT2D eigenvalue weighted by Crippen LogP contribution is 2.36. The van der Waals surface area contributed by atoms with Gasteiger partial charge in [0.15, 0.2) is 5.82 Å². The molecule has 0 unspecified atom stereocenters. The molecule has 24 heavy (non-hydrogen) atoms. The summed E-state index contributed by atoms with van der Waals surface area (Å²) in [5, 5.41) is 23.5. The van der Waals surface area contributed by atoms with E-state index in [0.29, 0.717) is 11.4 Å². The lowest BCUT2D eigenvalue weighted by Gasteiger charge is -2.20. The first-order chi connectivity index (χ1) is 11.6. The van der Waals surface area contributed by atoms with Gasteiger partial charge in [-0.15, -0.1) is 0 Å². The zero-order valence-electron chi connectivity index (χ0n) is 12.5. The van der Waals surface area contributed by atoms with Gasteiger partial charge in [-0.25, -0.2) is 14.4 Å². The van der Waals surface area contributed by atoms with Crippen molar-refractivity contribution >= 4 is 29.2 Å². The number of aromatic nitrogens is 2. The molecule has 0 spiro atoms. The Morgan fingerprint density at radius 3 is 2.21 bits per heavy atom. The second-order valence-corrected chi connectivity index (χ2v) is 5.32. The SMILES string of the molecule is O=C(O)N(c1ccccc1)c1c(Cl)c(CO)nn1-c1ccccc1. The van der Waals surface area contributed by atoms with Crippen LogP contribution in [0.1, 0.15) is 5.69 Å². The summed E-state index contributed by atoms with van der Waals surface area (Å²) < 4.78 is 1.41. The smallest absolute Gasteiger partial charge is 0.417 e. The quantitative estimate of drug-likeness (QED) is 0.754. The highest BCUT2D eigenvalue weighted by atomic mass is 35.5. The van der Waals surface area contributed by atoms with E-state index in [1.807, 2.05) is 6.07 Å². The number of amides is 1. The van der Waals surface area contributed by atoms with Crippen molar-refractivity contribution in [3.05, 3.63) is 71.4 Å². The van der Waals surface area contributed by atoms with Crippen LogP contribution in [0, 0.1) is 0 Å². The number of aliphatic hydroxyl groups excluding tert-OH is 1. The molecule has 0 saturated carbocycles. The molecular weight excluding hydrogens is 330 g/mol. The Labute approximate surface area is 143 Å². The minimum Gasteiger partial charge on any atom is -0.464 e. The Bertz CT molecular complexity index is 850. The normalized spacial score (nSPS) is 10.6. The first-order valence-electron chi connectivity index (χ1n) is 7.15. The summed E-state index contributed by atoms with van der Waals surface area (Å²) in [6, 6.07) is 17.6. The average molecular weight is 344 g/mol. The third-order valence-electron chi connectivity index (χ3n) is 3.44. The van der Waals surface area contributed by atoms with Gasteiger partial charge < -0.3 is 10.2 Å². The number of aliphatic hydroxyl groups is 1. The Kier molecular flexibility index (Phi) is 4.50. The Hall–Kier alpha value is -2.83. The van der Waals surface area contributed by atoms with Gasteiger partial charge >= 0.3 is 6.09 Å². The molecule has 0 aliphatic carbocycles. The molecule has 2 aromatic carbocycles. The first kappa shape index (κ1) is 16.0. The predicted octanol–water partition coefficient (Wildman–Crippen LogP) is 3.83. The van der Waals surface area contributed by atoms with Crippen LogP contribution in [0.2, 0.25) is 5.02 Å². The lowest BCUT2D eigenvalue weighted by atomic mass is 10.3. The average Bonchev–Trinajstić information content (AvgIpc) is 2.93. The third kappa shape index (κ3) is 2.84. The molecule has 7 heteroatoms. The van der Waals surface area contributed by atoms with Gasteiger partial charge in [-0.05, 0) is 24.3 Å². The van der Waals surface area contributed by atoms with Crippen molar-refractivity contribution in [2.75, 3.05) is 4.90 Å². The van der Waals surface area contributed by atoms with Crippen molar-refractivity contribution in [2.45, 2.75) is 6.61 Å². The molecule has 0 atom stereocenters. The molecule has 2 N–H and O–H groups in total. The Morgan fingerprint density at radius 2 is 1.67 bits per heavy atom. The summed E-state index contributed by atoms with van der Waals surface area (Å²) in [6.45, 7) is -0.395. The van der Waals surface area contributed by atoms with Gasteiger partial charge in [-0.1, -0.05) is 48.0 Å². The zero-order valence-corrected chi connectivity index (χ0v) is 13.3. The summed E-state index contributed by atoms with van der Waals surface area (Å²) >= 11 is 6.32. The number of carbonyl (C=O) groups is 1. The van der Waals surface area contributed by atoms with Crippen LogP contribution in [0.4, 0.5) is 16.3 Å². The lowest BCUT2D eigenvalue weighted by molar-refractivity contribution is 0.204. The monoisotopic (exact) mass is 343 g/mol. The maximum absolute atomic E-state index is 11.9. The molecule has 3 aromatic rings. The molecule has 0 bridgehead atoms. The van der Waals surface area contributed by atoms with Crippen LogP contribution >= 0.6 is 11.6 Å². The highest BCUT2D eigenvalue weighted by Gasteiger charge is 2.27. The Balaban J connectivity index is 2.25. The van der Waals surface area contributed by atoms with Crippen LogP contribution in [-0.2, 0) is 6.61 Å². The maximum Gasteiger partial charge on any atom is 0.417 e. The van der Waals surface area contributed by atoms with Crippen LogP contribution in [0.3, 0.4) is 0 Å². The van der Waals surface area contributed by atoms with Crippen molar-refractivity contribution < 1.29 is 15.0 Å². The molecule has 0 aliphatic rings. The first-order valence-corrected chi connectivity index (χ1v) is 7.53. The molecule has 122 valence electrons. The molecule has 0 saturated heterocycles. The molecule has 3 rings (SSSR count). The molecule has 1 heterocycles. The number of benzene rings is 2.